The van der Waals surface area contributed by atoms with Gasteiger partial charge in [0.25, 0.3) is 5.91 Å². The number of nitrogens with zero attached hydrogens (tertiary/aromatic N) is 5. The fraction of sp³-hybridized carbons (Fsp3) is 0.364. The van der Waals surface area contributed by atoms with Gasteiger partial charge in [-0.05, 0) is 59.7 Å². The molecular formula is C22H25ClN6O2. The van der Waals surface area contributed by atoms with E-state index in [0.29, 0.717) is 16.3 Å². The lowest BCUT2D eigenvalue weighted by molar-refractivity contribution is 0.0342. The molecule has 1 fully saturated rings. The average Bonchev–Trinajstić information content (AvgIpc) is 3.29. The number of rotatable bonds is 6. The van der Waals surface area contributed by atoms with Crippen molar-refractivity contribution in [2.45, 2.75) is 19.9 Å². The molecule has 1 aromatic heterocycles. The van der Waals surface area contributed by atoms with Crippen molar-refractivity contribution in [2.75, 3.05) is 32.8 Å². The predicted molar refractivity (Wildman–Crippen MR) is 119 cm³/mol. The highest BCUT2D eigenvalue weighted by molar-refractivity contribution is 6.33. The van der Waals surface area contributed by atoms with Gasteiger partial charge < -0.3 is 10.1 Å². The molecular weight excluding hydrogens is 416 g/mol. The summed E-state index contributed by atoms with van der Waals surface area (Å²) in [5.74, 6) is -0.153. The Labute approximate surface area is 186 Å². The van der Waals surface area contributed by atoms with Crippen LogP contribution in [0.3, 0.4) is 0 Å². The second kappa shape index (κ2) is 9.55. The normalized spacial score (nSPS) is 15.6. The molecule has 1 aliphatic rings. The van der Waals surface area contributed by atoms with Crippen LogP contribution in [0.4, 0.5) is 0 Å². The summed E-state index contributed by atoms with van der Waals surface area (Å²) in [5, 5.41) is 15.1. The van der Waals surface area contributed by atoms with Gasteiger partial charge in [0, 0.05) is 41.8 Å². The third-order valence-corrected chi connectivity index (χ3v) is 5.56. The Kier molecular flexibility index (Phi) is 6.60. The van der Waals surface area contributed by atoms with Crippen LogP contribution < -0.4 is 5.32 Å². The monoisotopic (exact) mass is 440 g/mol. The summed E-state index contributed by atoms with van der Waals surface area (Å²) in [6, 6.07) is 11.4. The SMILES string of the molecule is Cc1ccc(-c2cc(C(=O)NC(C)CN3CCOCC3)cc(-n3cnnn3)c2)c(Cl)c1. The third kappa shape index (κ3) is 5.28. The van der Waals surface area contributed by atoms with Gasteiger partial charge in [0.1, 0.15) is 6.33 Å². The zero-order chi connectivity index (χ0) is 21.8. The smallest absolute Gasteiger partial charge is 0.251 e. The lowest BCUT2D eigenvalue weighted by Crippen LogP contribution is -2.46. The molecule has 1 N–H and O–H groups in total. The van der Waals surface area contributed by atoms with Gasteiger partial charge >= 0.3 is 0 Å². The zero-order valence-corrected chi connectivity index (χ0v) is 18.3. The summed E-state index contributed by atoms with van der Waals surface area (Å²) < 4.78 is 6.92. The maximum atomic E-state index is 13.1. The molecule has 1 amide bonds. The number of amides is 1. The molecule has 0 aliphatic carbocycles. The number of halogens is 1. The minimum absolute atomic E-state index is 0.00583. The first-order valence-corrected chi connectivity index (χ1v) is 10.6. The van der Waals surface area contributed by atoms with Crippen molar-refractivity contribution < 1.29 is 9.53 Å². The number of aromatic nitrogens is 4. The molecule has 1 unspecified atom stereocenters. The third-order valence-electron chi connectivity index (χ3n) is 5.24. The van der Waals surface area contributed by atoms with Crippen LogP contribution in [0.1, 0.15) is 22.8 Å². The van der Waals surface area contributed by atoms with Crippen LogP contribution in [0.25, 0.3) is 16.8 Å². The second-order valence-corrected chi connectivity index (χ2v) is 8.20. The highest BCUT2D eigenvalue weighted by Gasteiger charge is 2.18. The van der Waals surface area contributed by atoms with Crippen molar-refractivity contribution >= 4 is 17.5 Å². The summed E-state index contributed by atoms with van der Waals surface area (Å²) >= 11 is 6.50. The summed E-state index contributed by atoms with van der Waals surface area (Å²) in [4.78, 5) is 15.4. The number of hydrogen-bond acceptors (Lipinski definition) is 6. The molecule has 1 aliphatic heterocycles. The van der Waals surface area contributed by atoms with Crippen LogP contribution in [0, 0.1) is 6.92 Å². The molecule has 0 radical (unpaired) electrons. The van der Waals surface area contributed by atoms with Crippen LogP contribution in [-0.4, -0.2) is 69.9 Å². The van der Waals surface area contributed by atoms with Crippen LogP contribution >= 0.6 is 11.6 Å². The Morgan fingerprint density at radius 3 is 2.74 bits per heavy atom. The maximum absolute atomic E-state index is 13.1. The highest BCUT2D eigenvalue weighted by atomic mass is 35.5. The number of nitrogens with one attached hydrogen (secondary N) is 1. The van der Waals surface area contributed by atoms with E-state index in [0.717, 1.165) is 49.5 Å². The molecule has 3 aromatic rings. The van der Waals surface area contributed by atoms with E-state index in [2.05, 4.69) is 25.7 Å². The van der Waals surface area contributed by atoms with Crippen LogP contribution in [-0.2, 0) is 4.74 Å². The second-order valence-electron chi connectivity index (χ2n) is 7.79. The Morgan fingerprint density at radius 2 is 2.03 bits per heavy atom. The minimum Gasteiger partial charge on any atom is -0.379 e. The van der Waals surface area contributed by atoms with Gasteiger partial charge in [0.15, 0.2) is 0 Å². The summed E-state index contributed by atoms with van der Waals surface area (Å²) in [7, 11) is 0. The maximum Gasteiger partial charge on any atom is 0.251 e. The molecule has 4 rings (SSSR count). The lowest BCUT2D eigenvalue weighted by atomic mass is 10.00. The lowest BCUT2D eigenvalue weighted by Gasteiger charge is -2.29. The summed E-state index contributed by atoms with van der Waals surface area (Å²) in [6.07, 6.45) is 1.50. The van der Waals surface area contributed by atoms with E-state index < -0.39 is 0 Å². The number of ether oxygens (including phenoxy) is 1. The Balaban J connectivity index is 1.61. The van der Waals surface area contributed by atoms with E-state index >= 15 is 0 Å². The summed E-state index contributed by atoms with van der Waals surface area (Å²) in [6.45, 7) is 8.00. The minimum atomic E-state index is -0.153. The van der Waals surface area contributed by atoms with Crippen molar-refractivity contribution in [3.8, 4) is 16.8 Å². The Morgan fingerprint density at radius 1 is 1.23 bits per heavy atom. The highest BCUT2D eigenvalue weighted by Crippen LogP contribution is 2.31. The molecule has 8 nitrogen and oxygen atoms in total. The molecule has 9 heteroatoms. The number of hydrogen-bond donors (Lipinski definition) is 1. The zero-order valence-electron chi connectivity index (χ0n) is 17.6. The van der Waals surface area contributed by atoms with Crippen LogP contribution in [0.5, 0.6) is 0 Å². The van der Waals surface area contributed by atoms with E-state index in [1.807, 2.05) is 44.2 Å². The van der Waals surface area contributed by atoms with E-state index in [1.165, 1.54) is 11.0 Å². The molecule has 0 saturated carbocycles. The Hall–Kier alpha value is -2.81. The number of carbonyl (C=O) groups excluding carboxylic acids is 1. The average molecular weight is 441 g/mol. The van der Waals surface area contributed by atoms with E-state index in [1.54, 1.807) is 6.07 Å². The van der Waals surface area contributed by atoms with Gasteiger partial charge in [-0.15, -0.1) is 5.10 Å². The Bertz CT molecular complexity index is 1050. The van der Waals surface area contributed by atoms with Gasteiger partial charge in [-0.3, -0.25) is 9.69 Å². The number of carbonyl (C=O) groups is 1. The molecule has 162 valence electrons. The molecule has 0 bridgehead atoms. The predicted octanol–water partition coefficient (Wildman–Crippen LogP) is 2.74. The molecule has 0 spiro atoms. The quantitative estimate of drug-likeness (QED) is 0.634. The molecule has 1 saturated heterocycles. The van der Waals surface area contributed by atoms with Crippen molar-refractivity contribution in [3.63, 3.8) is 0 Å². The van der Waals surface area contributed by atoms with E-state index in [9.17, 15) is 4.79 Å². The number of tetrazole rings is 1. The number of morpholine rings is 1. The van der Waals surface area contributed by atoms with Crippen molar-refractivity contribution in [2.24, 2.45) is 0 Å². The van der Waals surface area contributed by atoms with E-state index in [4.69, 9.17) is 16.3 Å². The first-order chi connectivity index (χ1) is 15.0. The fourth-order valence-electron chi connectivity index (χ4n) is 3.69. The van der Waals surface area contributed by atoms with Gasteiger partial charge in [-0.2, -0.15) is 0 Å². The van der Waals surface area contributed by atoms with Crippen molar-refractivity contribution in [1.29, 1.82) is 0 Å². The first kappa shape index (κ1) is 21.4. The number of aryl methyl sites for hydroxylation is 1. The van der Waals surface area contributed by atoms with Gasteiger partial charge in [-0.1, -0.05) is 23.7 Å². The van der Waals surface area contributed by atoms with Crippen LogP contribution in [0.2, 0.25) is 5.02 Å². The topological polar surface area (TPSA) is 85.2 Å². The number of benzene rings is 2. The first-order valence-electron chi connectivity index (χ1n) is 10.3. The largest absolute Gasteiger partial charge is 0.379 e. The molecule has 1 atom stereocenters. The molecule has 31 heavy (non-hydrogen) atoms. The van der Waals surface area contributed by atoms with Gasteiger partial charge in [0.05, 0.1) is 18.9 Å². The van der Waals surface area contributed by atoms with Gasteiger partial charge in [0.2, 0.25) is 0 Å². The van der Waals surface area contributed by atoms with E-state index in [-0.39, 0.29) is 11.9 Å². The standard InChI is InChI=1S/C22H25ClN6O2/c1-15-3-4-20(21(23)9-15)17-10-18(12-19(11-17)29-14-24-26-27-29)22(30)25-16(2)13-28-5-7-31-8-6-28/h3-4,9-12,14,16H,5-8,13H2,1-2H3,(H,25,30). The summed E-state index contributed by atoms with van der Waals surface area (Å²) in [5.41, 5.74) is 3.94. The fourth-order valence-corrected chi connectivity index (χ4v) is 4.03. The van der Waals surface area contributed by atoms with Crippen molar-refractivity contribution in [3.05, 3.63) is 58.9 Å². The van der Waals surface area contributed by atoms with Crippen molar-refractivity contribution in [1.82, 2.24) is 30.4 Å². The molecule has 2 aromatic carbocycles. The van der Waals surface area contributed by atoms with Gasteiger partial charge in [-0.25, -0.2) is 4.68 Å². The van der Waals surface area contributed by atoms with Crippen LogP contribution in [0.15, 0.2) is 42.7 Å². The molecule has 2 heterocycles.